The molecule has 0 aliphatic carbocycles. The molecule has 0 heterocycles. The van der Waals surface area contributed by atoms with Crippen molar-refractivity contribution >= 4 is 17.6 Å². The third kappa shape index (κ3) is 5.11. The van der Waals surface area contributed by atoms with E-state index >= 15 is 0 Å². The van der Waals surface area contributed by atoms with Crippen molar-refractivity contribution in [1.29, 1.82) is 0 Å². The predicted molar refractivity (Wildman–Crippen MR) is 73.6 cm³/mol. The molecule has 0 amide bonds. The molecule has 108 valence electrons. The number of benzene rings is 2. The quantitative estimate of drug-likeness (QED) is 0.509. The van der Waals surface area contributed by atoms with Crippen LogP contribution in [0.15, 0.2) is 54.6 Å². The first kappa shape index (κ1) is 15.8. The molecule has 2 aromatic carbocycles. The second kappa shape index (κ2) is 7.39. The Kier molecular flexibility index (Phi) is 5.57. The van der Waals surface area contributed by atoms with E-state index in [1.54, 1.807) is 24.3 Å². The number of carbonyl (C=O) groups is 2. The molecule has 0 aromatic heterocycles. The van der Waals surface area contributed by atoms with Crippen LogP contribution in [0.25, 0.3) is 0 Å². The Morgan fingerprint density at radius 2 is 1.29 bits per heavy atom. The lowest BCUT2D eigenvalue weighted by molar-refractivity contribution is -0.384. The van der Waals surface area contributed by atoms with Crippen LogP contribution in [-0.4, -0.2) is 27.1 Å². The van der Waals surface area contributed by atoms with Crippen LogP contribution in [0.2, 0.25) is 0 Å². The summed E-state index contributed by atoms with van der Waals surface area (Å²) >= 11 is 0. The van der Waals surface area contributed by atoms with Crippen LogP contribution in [0.5, 0.6) is 0 Å². The van der Waals surface area contributed by atoms with Crippen LogP contribution in [0.4, 0.5) is 10.5 Å². The van der Waals surface area contributed by atoms with Crippen molar-refractivity contribution < 1.29 is 24.7 Å². The van der Waals surface area contributed by atoms with Crippen molar-refractivity contribution in [2.45, 2.75) is 0 Å². The number of hydrogen-bond acceptors (Lipinski definition) is 4. The number of hydrogen-bond donors (Lipinski definition) is 2. The lowest BCUT2D eigenvalue weighted by Gasteiger charge is -2.00. The third-order valence-corrected chi connectivity index (χ3v) is 2.38. The molecule has 2 N–H and O–H groups in total. The summed E-state index contributed by atoms with van der Waals surface area (Å²) in [6.07, 6.45) is -1.83. The molecule has 0 saturated carbocycles. The Balaban J connectivity index is 0.000000491. The maximum Gasteiger partial charge on any atom is 0.503 e. The van der Waals surface area contributed by atoms with Gasteiger partial charge < -0.3 is 10.2 Å². The second-order valence-corrected chi connectivity index (χ2v) is 3.78. The number of rotatable bonds is 3. The van der Waals surface area contributed by atoms with E-state index in [0.717, 1.165) is 0 Å². The lowest BCUT2D eigenvalue weighted by atomic mass is 10.0. The van der Waals surface area contributed by atoms with Gasteiger partial charge in [0, 0.05) is 23.3 Å². The third-order valence-electron chi connectivity index (χ3n) is 2.38. The van der Waals surface area contributed by atoms with Crippen LogP contribution in [0.1, 0.15) is 15.9 Å². The van der Waals surface area contributed by atoms with Gasteiger partial charge in [0.1, 0.15) is 0 Å². The molecule has 0 aliphatic rings. The summed E-state index contributed by atoms with van der Waals surface area (Å²) in [6, 6.07) is 14.4. The van der Waals surface area contributed by atoms with Crippen molar-refractivity contribution in [2.75, 3.05) is 0 Å². The fraction of sp³-hybridized carbons (Fsp3) is 0. The highest BCUT2D eigenvalue weighted by molar-refractivity contribution is 6.09. The molecule has 0 spiro atoms. The van der Waals surface area contributed by atoms with E-state index in [-0.39, 0.29) is 11.5 Å². The second-order valence-electron chi connectivity index (χ2n) is 3.78. The summed E-state index contributed by atoms with van der Waals surface area (Å²) in [7, 11) is 0. The summed E-state index contributed by atoms with van der Waals surface area (Å²) in [5.74, 6) is -0.138. The molecule has 0 aliphatic heterocycles. The predicted octanol–water partition coefficient (Wildman–Crippen LogP) is 3.05. The van der Waals surface area contributed by atoms with Gasteiger partial charge in [-0.1, -0.05) is 30.3 Å². The number of carboxylic acid groups (broad SMARTS) is 2. The Morgan fingerprint density at radius 1 is 0.857 bits per heavy atom. The first-order valence-corrected chi connectivity index (χ1v) is 5.68. The van der Waals surface area contributed by atoms with Gasteiger partial charge in [0.15, 0.2) is 5.78 Å². The number of nitro groups is 1. The molecule has 0 bridgehead atoms. The molecule has 0 unspecified atom stereocenters. The van der Waals surface area contributed by atoms with Gasteiger partial charge in [0.05, 0.1) is 4.92 Å². The summed E-state index contributed by atoms with van der Waals surface area (Å²) < 4.78 is 0. The van der Waals surface area contributed by atoms with Crippen molar-refractivity contribution in [3.8, 4) is 0 Å². The van der Waals surface area contributed by atoms with Crippen LogP contribution in [0.3, 0.4) is 0 Å². The molecule has 0 fully saturated rings. The van der Waals surface area contributed by atoms with E-state index < -0.39 is 11.1 Å². The minimum atomic E-state index is -1.83. The van der Waals surface area contributed by atoms with Gasteiger partial charge in [0.2, 0.25) is 0 Å². The van der Waals surface area contributed by atoms with E-state index in [1.807, 2.05) is 6.07 Å². The first-order valence-electron chi connectivity index (χ1n) is 5.68. The van der Waals surface area contributed by atoms with E-state index in [2.05, 4.69) is 0 Å². The van der Waals surface area contributed by atoms with E-state index in [0.29, 0.717) is 11.1 Å². The van der Waals surface area contributed by atoms with Gasteiger partial charge in [-0.3, -0.25) is 14.9 Å². The Bertz CT molecular complexity index is 632. The topological polar surface area (TPSA) is 118 Å². The average molecular weight is 289 g/mol. The van der Waals surface area contributed by atoms with Gasteiger partial charge in [-0.25, -0.2) is 4.79 Å². The molecular formula is C14H11NO6. The van der Waals surface area contributed by atoms with Crippen molar-refractivity contribution in [1.82, 2.24) is 0 Å². The zero-order valence-corrected chi connectivity index (χ0v) is 10.7. The van der Waals surface area contributed by atoms with Gasteiger partial charge in [-0.2, -0.15) is 0 Å². The normalized spacial score (nSPS) is 9.14. The van der Waals surface area contributed by atoms with Crippen LogP contribution < -0.4 is 0 Å². The molecule has 7 heteroatoms. The molecule has 7 nitrogen and oxygen atoms in total. The average Bonchev–Trinajstić information content (AvgIpc) is 2.47. The lowest BCUT2D eigenvalue weighted by Crippen LogP contribution is -2.00. The molecule has 0 saturated heterocycles. The highest BCUT2D eigenvalue weighted by Crippen LogP contribution is 2.15. The van der Waals surface area contributed by atoms with Crippen LogP contribution >= 0.6 is 0 Å². The minimum Gasteiger partial charge on any atom is -0.450 e. The number of nitrogens with zero attached hydrogens (tertiary/aromatic N) is 1. The van der Waals surface area contributed by atoms with Gasteiger partial charge in [-0.05, 0) is 12.1 Å². The molecule has 2 rings (SSSR count). The molecule has 2 aromatic rings. The summed E-state index contributed by atoms with van der Waals surface area (Å²) in [4.78, 5) is 30.5. The standard InChI is InChI=1S/C13H9NO3.CH2O3/c15-13(10-4-2-1-3-5-10)11-6-8-12(9-7-11)14(16)17;2-1(3)4/h1-9H;(H2,2,3,4). The van der Waals surface area contributed by atoms with Gasteiger partial charge in [0.25, 0.3) is 5.69 Å². The molecular weight excluding hydrogens is 278 g/mol. The largest absolute Gasteiger partial charge is 0.503 e. The van der Waals surface area contributed by atoms with Crippen LogP contribution in [0, 0.1) is 10.1 Å². The van der Waals surface area contributed by atoms with E-state index in [4.69, 9.17) is 15.0 Å². The number of non-ortho nitro benzene ring substituents is 1. The number of ketones is 1. The number of carbonyl (C=O) groups excluding carboxylic acids is 1. The highest BCUT2D eigenvalue weighted by atomic mass is 16.6. The van der Waals surface area contributed by atoms with E-state index in [1.165, 1.54) is 24.3 Å². The monoisotopic (exact) mass is 289 g/mol. The van der Waals surface area contributed by atoms with Crippen molar-refractivity contribution in [3.05, 3.63) is 75.8 Å². The molecule has 0 radical (unpaired) electrons. The summed E-state index contributed by atoms with van der Waals surface area (Å²) in [5, 5.41) is 24.4. The van der Waals surface area contributed by atoms with Crippen molar-refractivity contribution in [3.63, 3.8) is 0 Å². The Hall–Kier alpha value is -3.22. The Morgan fingerprint density at radius 3 is 1.71 bits per heavy atom. The fourth-order valence-corrected chi connectivity index (χ4v) is 1.49. The highest BCUT2D eigenvalue weighted by Gasteiger charge is 2.10. The fourth-order valence-electron chi connectivity index (χ4n) is 1.49. The Labute approximate surface area is 119 Å². The van der Waals surface area contributed by atoms with Crippen LogP contribution in [-0.2, 0) is 0 Å². The first-order chi connectivity index (χ1) is 9.91. The summed E-state index contributed by atoms with van der Waals surface area (Å²) in [6.45, 7) is 0. The zero-order chi connectivity index (χ0) is 15.8. The number of nitro benzene ring substituents is 1. The zero-order valence-electron chi connectivity index (χ0n) is 10.7. The van der Waals surface area contributed by atoms with Gasteiger partial charge >= 0.3 is 6.16 Å². The van der Waals surface area contributed by atoms with Gasteiger partial charge in [-0.15, -0.1) is 0 Å². The maximum absolute atomic E-state index is 12.0. The molecule has 0 atom stereocenters. The van der Waals surface area contributed by atoms with Crippen molar-refractivity contribution in [2.24, 2.45) is 0 Å². The SMILES string of the molecule is O=C(O)O.O=C(c1ccccc1)c1ccc([N+](=O)[O-])cc1. The molecule has 21 heavy (non-hydrogen) atoms. The smallest absolute Gasteiger partial charge is 0.450 e. The maximum atomic E-state index is 12.0. The minimum absolute atomic E-state index is 0.0189. The summed E-state index contributed by atoms with van der Waals surface area (Å²) in [5.41, 5.74) is 0.998. The van der Waals surface area contributed by atoms with E-state index in [9.17, 15) is 14.9 Å².